The van der Waals surface area contributed by atoms with Crippen LogP contribution in [0.5, 0.6) is 0 Å². The molecule has 25 heavy (non-hydrogen) atoms. The lowest BCUT2D eigenvalue weighted by Gasteiger charge is -2.36. The van der Waals surface area contributed by atoms with Gasteiger partial charge in [0, 0.05) is 55.4 Å². The molecule has 0 atom stereocenters. The summed E-state index contributed by atoms with van der Waals surface area (Å²) in [5.41, 5.74) is 8.62. The Morgan fingerprint density at radius 3 is 2.52 bits per heavy atom. The molecule has 0 saturated carbocycles. The van der Waals surface area contributed by atoms with Crippen molar-refractivity contribution in [1.82, 2.24) is 15.1 Å². The summed E-state index contributed by atoms with van der Waals surface area (Å²) in [5.74, 6) is 0.0708. The summed E-state index contributed by atoms with van der Waals surface area (Å²) in [6, 6.07) is 7.50. The molecule has 1 aliphatic rings. The Morgan fingerprint density at radius 1 is 1.36 bits per heavy atom. The molecule has 1 amide bonds. The topological polar surface area (TPSA) is 85.5 Å². The van der Waals surface area contributed by atoms with E-state index in [1.165, 1.54) is 0 Å². The number of allylic oxidation sites excluding steroid dienone is 1. The van der Waals surface area contributed by atoms with Crippen molar-refractivity contribution in [1.29, 1.82) is 5.41 Å². The number of nitrogen functional groups attached to an aromatic ring is 1. The van der Waals surface area contributed by atoms with E-state index in [2.05, 4.69) is 17.3 Å². The molecule has 0 aromatic heterocycles. The number of carbonyl (C=O) groups excluding carboxylic acids is 1. The fourth-order valence-electron chi connectivity index (χ4n) is 3.09. The third-order valence-electron chi connectivity index (χ3n) is 4.74. The molecule has 1 fully saturated rings. The van der Waals surface area contributed by atoms with Crippen molar-refractivity contribution in [3.8, 4) is 0 Å². The minimum absolute atomic E-state index is 0.0708. The maximum absolute atomic E-state index is 12.5. The van der Waals surface area contributed by atoms with Crippen molar-refractivity contribution in [3.63, 3.8) is 0 Å². The Morgan fingerprint density at radius 2 is 1.96 bits per heavy atom. The summed E-state index contributed by atoms with van der Waals surface area (Å²) < 4.78 is 0. The summed E-state index contributed by atoms with van der Waals surface area (Å²) in [4.78, 5) is 16.7. The van der Waals surface area contributed by atoms with Crippen LogP contribution in [0.25, 0.3) is 0 Å². The molecule has 6 nitrogen and oxygen atoms in total. The fourth-order valence-corrected chi connectivity index (χ4v) is 3.09. The van der Waals surface area contributed by atoms with Crippen LogP contribution in [0, 0.1) is 5.41 Å². The molecule has 0 spiro atoms. The van der Waals surface area contributed by atoms with Crippen molar-refractivity contribution < 1.29 is 4.79 Å². The van der Waals surface area contributed by atoms with Gasteiger partial charge >= 0.3 is 0 Å². The van der Waals surface area contributed by atoms with Crippen LogP contribution in [0.2, 0.25) is 0 Å². The summed E-state index contributed by atoms with van der Waals surface area (Å²) in [6.07, 6.45) is 3.72. The predicted molar refractivity (Wildman–Crippen MR) is 103 cm³/mol. The standard InChI is InChI=1S/C19H29N5O/c1-14(22-2)12-17(21)13-23(3)18-8-10-24(11-9-18)19(25)15-4-6-16(20)7-5-15/h4-7,12,18,21-22H,8-11,13,20H2,1-3H3/b14-12-,21-17?. The highest BCUT2D eigenvalue weighted by Crippen LogP contribution is 2.18. The number of carbonyl (C=O) groups is 1. The molecule has 4 N–H and O–H groups in total. The second-order valence-electron chi connectivity index (χ2n) is 6.66. The van der Waals surface area contributed by atoms with Gasteiger partial charge in [0.15, 0.2) is 0 Å². The third kappa shape index (κ3) is 5.32. The molecular formula is C19H29N5O. The molecule has 6 heteroatoms. The lowest BCUT2D eigenvalue weighted by atomic mass is 10.0. The van der Waals surface area contributed by atoms with Gasteiger partial charge in [0.2, 0.25) is 0 Å². The van der Waals surface area contributed by atoms with Crippen molar-refractivity contribution in [2.45, 2.75) is 25.8 Å². The maximum atomic E-state index is 12.5. The average Bonchev–Trinajstić information content (AvgIpc) is 2.61. The van der Waals surface area contributed by atoms with Gasteiger partial charge in [-0.05, 0) is 57.2 Å². The van der Waals surface area contributed by atoms with Crippen LogP contribution < -0.4 is 11.1 Å². The lowest BCUT2D eigenvalue weighted by molar-refractivity contribution is 0.0657. The zero-order valence-electron chi connectivity index (χ0n) is 15.4. The van der Waals surface area contributed by atoms with Crippen LogP contribution in [0.15, 0.2) is 36.0 Å². The zero-order valence-corrected chi connectivity index (χ0v) is 15.4. The number of nitrogens with two attached hydrogens (primary N) is 1. The Kier molecular flexibility index (Phi) is 6.58. The molecule has 1 heterocycles. The van der Waals surface area contributed by atoms with Crippen molar-refractivity contribution >= 4 is 17.3 Å². The number of benzene rings is 1. The highest BCUT2D eigenvalue weighted by molar-refractivity contribution is 5.95. The smallest absolute Gasteiger partial charge is 0.253 e. The van der Waals surface area contributed by atoms with Crippen molar-refractivity contribution in [3.05, 3.63) is 41.6 Å². The second kappa shape index (κ2) is 8.67. The highest BCUT2D eigenvalue weighted by Gasteiger charge is 2.26. The minimum atomic E-state index is 0.0708. The van der Waals surface area contributed by atoms with Crippen LogP contribution >= 0.6 is 0 Å². The molecular weight excluding hydrogens is 314 g/mol. The average molecular weight is 343 g/mol. The quantitative estimate of drug-likeness (QED) is 0.544. The van der Waals surface area contributed by atoms with Crippen molar-refractivity contribution in [2.24, 2.45) is 0 Å². The molecule has 1 saturated heterocycles. The van der Waals surface area contributed by atoms with E-state index in [9.17, 15) is 4.79 Å². The molecule has 1 aromatic rings. The maximum Gasteiger partial charge on any atom is 0.253 e. The Bertz CT molecular complexity index is 630. The number of piperidine rings is 1. The normalized spacial score (nSPS) is 16.2. The van der Waals surface area contributed by atoms with Gasteiger partial charge in [-0.3, -0.25) is 9.69 Å². The molecule has 1 aliphatic heterocycles. The predicted octanol–water partition coefficient (Wildman–Crippen LogP) is 1.95. The number of likely N-dealkylation sites (tertiary alicyclic amines) is 1. The van der Waals surface area contributed by atoms with E-state index in [0.29, 0.717) is 29.5 Å². The monoisotopic (exact) mass is 343 g/mol. The number of rotatable bonds is 6. The van der Waals surface area contributed by atoms with Crippen LogP contribution in [-0.4, -0.2) is 61.2 Å². The van der Waals surface area contributed by atoms with Gasteiger partial charge in [0.1, 0.15) is 0 Å². The van der Waals surface area contributed by atoms with Gasteiger partial charge in [-0.15, -0.1) is 0 Å². The van der Waals surface area contributed by atoms with Gasteiger partial charge in [0.05, 0.1) is 0 Å². The number of hydrogen-bond donors (Lipinski definition) is 3. The first-order chi connectivity index (χ1) is 11.9. The van der Waals surface area contributed by atoms with Crippen LogP contribution in [0.1, 0.15) is 30.1 Å². The van der Waals surface area contributed by atoms with E-state index < -0.39 is 0 Å². The summed E-state index contributed by atoms with van der Waals surface area (Å²) in [7, 11) is 3.91. The van der Waals surface area contributed by atoms with Gasteiger partial charge in [-0.25, -0.2) is 0 Å². The van der Waals surface area contributed by atoms with Gasteiger partial charge in [-0.2, -0.15) is 0 Å². The SMILES string of the molecule is CN/C(C)=C\C(=N)CN(C)C1CCN(C(=O)c2ccc(N)cc2)CC1. The van der Waals surface area contributed by atoms with Crippen molar-refractivity contribution in [2.75, 3.05) is 39.5 Å². The van der Waals surface area contributed by atoms with E-state index in [1.807, 2.05) is 24.9 Å². The Balaban J connectivity index is 1.85. The first kappa shape index (κ1) is 19.0. The lowest BCUT2D eigenvalue weighted by Crippen LogP contribution is -2.46. The minimum Gasteiger partial charge on any atom is -0.399 e. The molecule has 0 unspecified atom stereocenters. The van der Waals surface area contributed by atoms with E-state index in [0.717, 1.165) is 31.6 Å². The number of nitrogens with zero attached hydrogens (tertiary/aromatic N) is 2. The molecule has 2 rings (SSSR count). The van der Waals surface area contributed by atoms with E-state index in [-0.39, 0.29) is 5.91 Å². The van der Waals surface area contributed by atoms with Crippen LogP contribution in [-0.2, 0) is 0 Å². The molecule has 1 aromatic carbocycles. The van der Waals surface area contributed by atoms with Gasteiger partial charge in [0.25, 0.3) is 5.91 Å². The number of anilines is 1. The van der Waals surface area contributed by atoms with E-state index >= 15 is 0 Å². The molecule has 0 radical (unpaired) electrons. The summed E-state index contributed by atoms with van der Waals surface area (Å²) in [5, 5.41) is 11.1. The number of nitrogens with one attached hydrogen (secondary N) is 2. The second-order valence-corrected chi connectivity index (χ2v) is 6.66. The highest BCUT2D eigenvalue weighted by atomic mass is 16.2. The molecule has 0 bridgehead atoms. The first-order valence-corrected chi connectivity index (χ1v) is 8.69. The van der Waals surface area contributed by atoms with Gasteiger partial charge in [-0.1, -0.05) is 0 Å². The van der Waals surface area contributed by atoms with Crippen LogP contribution in [0.4, 0.5) is 5.69 Å². The molecule has 136 valence electrons. The zero-order chi connectivity index (χ0) is 18.4. The summed E-state index contributed by atoms with van der Waals surface area (Å²) in [6.45, 7) is 4.07. The third-order valence-corrected chi connectivity index (χ3v) is 4.74. The summed E-state index contributed by atoms with van der Waals surface area (Å²) >= 11 is 0. The first-order valence-electron chi connectivity index (χ1n) is 8.69. The fraction of sp³-hybridized carbons (Fsp3) is 0.474. The van der Waals surface area contributed by atoms with E-state index in [4.69, 9.17) is 11.1 Å². The number of hydrogen-bond acceptors (Lipinski definition) is 5. The number of amides is 1. The Labute approximate surface area is 150 Å². The van der Waals surface area contributed by atoms with Gasteiger partial charge < -0.3 is 21.4 Å². The van der Waals surface area contributed by atoms with Crippen LogP contribution in [0.3, 0.4) is 0 Å². The Hall–Kier alpha value is -2.34. The largest absolute Gasteiger partial charge is 0.399 e. The molecule has 0 aliphatic carbocycles. The van der Waals surface area contributed by atoms with E-state index in [1.54, 1.807) is 24.3 Å².